The molecule has 0 saturated carbocycles. The summed E-state index contributed by atoms with van der Waals surface area (Å²) in [5, 5.41) is 0. The van der Waals surface area contributed by atoms with Crippen molar-refractivity contribution in [3.05, 3.63) is 70.8 Å². The molecule has 0 radical (unpaired) electrons. The maximum absolute atomic E-state index is 2.47. The first kappa shape index (κ1) is 17.0. The molecule has 0 aromatic heterocycles. The van der Waals surface area contributed by atoms with E-state index in [1.807, 2.05) is 0 Å². The monoisotopic (exact) mass is 318 g/mol. The van der Waals surface area contributed by atoms with E-state index in [9.17, 15) is 0 Å². The predicted molar refractivity (Wildman–Crippen MR) is 106 cm³/mol. The van der Waals surface area contributed by atoms with E-state index in [2.05, 4.69) is 89.2 Å². The molecule has 0 fully saturated rings. The SMILES string of the molecule is CC/C(=C\c1ccccc1)c1ccc2c(c1)C(C)(C)CCC2(C)C. The molecule has 0 aliphatic heterocycles. The molecule has 0 heterocycles. The van der Waals surface area contributed by atoms with Crippen LogP contribution in [0.1, 0.15) is 76.1 Å². The van der Waals surface area contributed by atoms with Gasteiger partial charge in [-0.05, 0) is 57.9 Å². The summed E-state index contributed by atoms with van der Waals surface area (Å²) >= 11 is 0. The molecule has 0 saturated heterocycles. The maximum atomic E-state index is 2.47. The van der Waals surface area contributed by atoms with Crippen molar-refractivity contribution in [3.63, 3.8) is 0 Å². The second kappa shape index (κ2) is 6.24. The number of allylic oxidation sites excluding steroid dienone is 1. The van der Waals surface area contributed by atoms with E-state index in [0.717, 1.165) is 6.42 Å². The Morgan fingerprint density at radius 1 is 0.875 bits per heavy atom. The summed E-state index contributed by atoms with van der Waals surface area (Å²) in [6.07, 6.45) is 5.92. The summed E-state index contributed by atoms with van der Waals surface area (Å²) in [7, 11) is 0. The Labute approximate surface area is 147 Å². The van der Waals surface area contributed by atoms with Gasteiger partial charge in [-0.25, -0.2) is 0 Å². The highest BCUT2D eigenvalue weighted by atomic mass is 14.4. The quantitative estimate of drug-likeness (QED) is 0.535. The number of hydrogen-bond acceptors (Lipinski definition) is 0. The molecule has 1 aliphatic rings. The summed E-state index contributed by atoms with van der Waals surface area (Å²) < 4.78 is 0. The third-order valence-electron chi connectivity index (χ3n) is 5.74. The van der Waals surface area contributed by atoms with Gasteiger partial charge in [0.2, 0.25) is 0 Å². The van der Waals surface area contributed by atoms with E-state index in [1.165, 1.54) is 35.1 Å². The van der Waals surface area contributed by atoms with Gasteiger partial charge in [-0.1, -0.05) is 89.2 Å². The van der Waals surface area contributed by atoms with Crippen LogP contribution in [0, 0.1) is 0 Å². The second-order valence-corrected chi connectivity index (χ2v) is 8.46. The third kappa shape index (κ3) is 3.20. The molecule has 2 aromatic carbocycles. The lowest BCUT2D eigenvalue weighted by Gasteiger charge is -2.42. The molecular formula is C24H30. The Morgan fingerprint density at radius 2 is 1.50 bits per heavy atom. The van der Waals surface area contributed by atoms with Gasteiger partial charge in [0.1, 0.15) is 0 Å². The van der Waals surface area contributed by atoms with Crippen LogP contribution in [-0.2, 0) is 10.8 Å². The van der Waals surface area contributed by atoms with Crippen LogP contribution in [0.3, 0.4) is 0 Å². The first-order valence-corrected chi connectivity index (χ1v) is 9.24. The van der Waals surface area contributed by atoms with E-state index in [1.54, 1.807) is 5.56 Å². The van der Waals surface area contributed by atoms with Gasteiger partial charge in [-0.15, -0.1) is 0 Å². The molecule has 1 aliphatic carbocycles. The summed E-state index contributed by atoms with van der Waals surface area (Å²) in [5.41, 5.74) is 7.73. The summed E-state index contributed by atoms with van der Waals surface area (Å²) in [6, 6.07) is 17.8. The van der Waals surface area contributed by atoms with Crippen LogP contribution in [0.4, 0.5) is 0 Å². The van der Waals surface area contributed by atoms with Crippen molar-refractivity contribution < 1.29 is 0 Å². The lowest BCUT2D eigenvalue weighted by atomic mass is 9.63. The first-order chi connectivity index (χ1) is 11.3. The van der Waals surface area contributed by atoms with Gasteiger partial charge in [-0.2, -0.15) is 0 Å². The summed E-state index contributed by atoms with van der Waals surface area (Å²) in [6.45, 7) is 11.8. The van der Waals surface area contributed by atoms with Crippen molar-refractivity contribution in [2.75, 3.05) is 0 Å². The van der Waals surface area contributed by atoms with Crippen LogP contribution in [0.2, 0.25) is 0 Å². The van der Waals surface area contributed by atoms with E-state index in [-0.39, 0.29) is 5.41 Å². The lowest BCUT2D eigenvalue weighted by Crippen LogP contribution is -2.33. The van der Waals surface area contributed by atoms with Gasteiger partial charge in [0, 0.05) is 0 Å². The van der Waals surface area contributed by atoms with Gasteiger partial charge < -0.3 is 0 Å². The Bertz CT molecular complexity index is 745. The highest BCUT2D eigenvalue weighted by molar-refractivity contribution is 5.81. The zero-order valence-electron chi connectivity index (χ0n) is 15.8. The molecule has 2 aromatic rings. The van der Waals surface area contributed by atoms with Gasteiger partial charge in [0.25, 0.3) is 0 Å². The van der Waals surface area contributed by atoms with E-state index < -0.39 is 0 Å². The predicted octanol–water partition coefficient (Wildman–Crippen LogP) is 6.99. The standard InChI is InChI=1S/C24H30/c1-6-19(16-18-10-8-7-9-11-18)20-12-13-21-22(17-20)24(4,5)15-14-23(21,2)3/h7-13,16-17H,6,14-15H2,1-5H3/b19-16+. The molecule has 0 amide bonds. The highest BCUT2D eigenvalue weighted by Gasteiger charge is 2.36. The number of benzene rings is 2. The molecule has 24 heavy (non-hydrogen) atoms. The molecule has 0 atom stereocenters. The minimum absolute atomic E-state index is 0.270. The molecule has 0 nitrogen and oxygen atoms in total. The lowest BCUT2D eigenvalue weighted by molar-refractivity contribution is 0.332. The molecule has 0 spiro atoms. The molecule has 0 unspecified atom stereocenters. The normalized spacial score (nSPS) is 19.0. The van der Waals surface area contributed by atoms with Crippen LogP contribution >= 0.6 is 0 Å². The number of rotatable bonds is 3. The van der Waals surface area contributed by atoms with E-state index >= 15 is 0 Å². The number of fused-ring (bicyclic) bond motifs is 1. The molecular weight excluding hydrogens is 288 g/mol. The fourth-order valence-corrected chi connectivity index (χ4v) is 3.93. The Kier molecular flexibility index (Phi) is 4.42. The van der Waals surface area contributed by atoms with Crippen LogP contribution in [0.15, 0.2) is 48.5 Å². The minimum Gasteiger partial charge on any atom is -0.0622 e. The van der Waals surface area contributed by atoms with Crippen molar-refractivity contribution in [1.82, 2.24) is 0 Å². The smallest absolute Gasteiger partial charge is 0.0100 e. The zero-order chi connectivity index (χ0) is 17.4. The van der Waals surface area contributed by atoms with Gasteiger partial charge in [0.15, 0.2) is 0 Å². The average molecular weight is 319 g/mol. The third-order valence-corrected chi connectivity index (χ3v) is 5.74. The van der Waals surface area contributed by atoms with Gasteiger partial charge >= 0.3 is 0 Å². The summed E-state index contributed by atoms with van der Waals surface area (Å²) in [5.74, 6) is 0. The number of hydrogen-bond donors (Lipinski definition) is 0. The fraction of sp³-hybridized carbons (Fsp3) is 0.417. The molecule has 0 bridgehead atoms. The van der Waals surface area contributed by atoms with Crippen LogP contribution in [0.5, 0.6) is 0 Å². The first-order valence-electron chi connectivity index (χ1n) is 9.24. The average Bonchev–Trinajstić information content (AvgIpc) is 2.57. The van der Waals surface area contributed by atoms with Crippen LogP contribution in [0.25, 0.3) is 11.6 Å². The van der Waals surface area contributed by atoms with Crippen molar-refractivity contribution in [2.45, 2.75) is 64.7 Å². The Morgan fingerprint density at radius 3 is 2.12 bits per heavy atom. The van der Waals surface area contributed by atoms with E-state index in [4.69, 9.17) is 0 Å². The molecule has 0 heteroatoms. The van der Waals surface area contributed by atoms with Crippen molar-refractivity contribution in [1.29, 1.82) is 0 Å². The minimum atomic E-state index is 0.270. The Balaban J connectivity index is 2.08. The molecule has 0 N–H and O–H groups in total. The van der Waals surface area contributed by atoms with Gasteiger partial charge in [-0.3, -0.25) is 0 Å². The maximum Gasteiger partial charge on any atom is -0.0100 e. The van der Waals surface area contributed by atoms with Crippen molar-refractivity contribution >= 4 is 11.6 Å². The van der Waals surface area contributed by atoms with Crippen molar-refractivity contribution in [3.8, 4) is 0 Å². The van der Waals surface area contributed by atoms with E-state index in [0.29, 0.717) is 5.41 Å². The Hall–Kier alpha value is -1.82. The largest absolute Gasteiger partial charge is 0.0622 e. The molecule has 126 valence electrons. The molecule has 3 rings (SSSR count). The topological polar surface area (TPSA) is 0 Å². The summed E-state index contributed by atoms with van der Waals surface area (Å²) in [4.78, 5) is 0. The van der Waals surface area contributed by atoms with Gasteiger partial charge in [0.05, 0.1) is 0 Å². The highest BCUT2D eigenvalue weighted by Crippen LogP contribution is 2.46. The second-order valence-electron chi connectivity index (χ2n) is 8.46. The van der Waals surface area contributed by atoms with Crippen LogP contribution in [-0.4, -0.2) is 0 Å². The fourth-order valence-electron chi connectivity index (χ4n) is 3.93. The van der Waals surface area contributed by atoms with Crippen molar-refractivity contribution in [2.24, 2.45) is 0 Å². The van der Waals surface area contributed by atoms with Crippen LogP contribution < -0.4 is 0 Å². The zero-order valence-corrected chi connectivity index (χ0v) is 15.8.